The highest BCUT2D eigenvalue weighted by Gasteiger charge is 2.39. The van der Waals surface area contributed by atoms with Gasteiger partial charge < -0.3 is 4.74 Å². The van der Waals surface area contributed by atoms with E-state index in [2.05, 4.69) is 10.3 Å². The van der Waals surface area contributed by atoms with E-state index in [4.69, 9.17) is 4.74 Å². The van der Waals surface area contributed by atoms with Crippen LogP contribution in [0.25, 0.3) is 0 Å². The number of hydrogen-bond donors (Lipinski definition) is 1. The lowest BCUT2D eigenvalue weighted by Gasteiger charge is -2.36. The molecule has 0 saturated heterocycles. The number of nitrogens with one attached hydrogen (secondary N) is 1. The number of hydrogen-bond acceptors (Lipinski definition) is 6. The highest BCUT2D eigenvalue weighted by Crippen LogP contribution is 2.34. The molecule has 0 aromatic heterocycles. The molecular weight excluding hydrogens is 352 g/mol. The fourth-order valence-electron chi connectivity index (χ4n) is 2.78. The quantitative estimate of drug-likeness (QED) is 0.643. The first-order chi connectivity index (χ1) is 12.4. The normalized spacial score (nSPS) is 20.1. The average molecular weight is 376 g/mol. The van der Waals surface area contributed by atoms with Crippen LogP contribution in [0.1, 0.15) is 46.6 Å². The van der Waals surface area contributed by atoms with E-state index in [1.54, 1.807) is 46.8 Å². The summed E-state index contributed by atoms with van der Waals surface area (Å²) < 4.78 is 5.23. The molecule has 0 bridgehead atoms. The van der Waals surface area contributed by atoms with E-state index in [1.807, 2.05) is 0 Å². The van der Waals surface area contributed by atoms with Crippen molar-refractivity contribution in [3.8, 4) is 0 Å². The van der Waals surface area contributed by atoms with Gasteiger partial charge in [0.2, 0.25) is 11.9 Å². The molecule has 1 unspecified atom stereocenters. The van der Waals surface area contributed by atoms with Gasteiger partial charge >= 0.3 is 6.09 Å². The topological polar surface area (TPSA) is 114 Å². The van der Waals surface area contributed by atoms with Gasteiger partial charge in [-0.15, -0.1) is 0 Å². The lowest BCUT2D eigenvalue weighted by Crippen LogP contribution is -2.53. The molecule has 1 N–H and O–H groups in total. The first-order valence-corrected chi connectivity index (χ1v) is 8.60. The lowest BCUT2D eigenvalue weighted by molar-refractivity contribution is -0.385. The van der Waals surface area contributed by atoms with Gasteiger partial charge in [-0.3, -0.25) is 25.1 Å². The molecule has 0 fully saturated rings. The van der Waals surface area contributed by atoms with E-state index in [9.17, 15) is 19.7 Å². The van der Waals surface area contributed by atoms with Gasteiger partial charge in [0.05, 0.1) is 16.9 Å². The average Bonchev–Trinajstić information content (AvgIpc) is 2.52. The molecule has 0 aliphatic carbocycles. The number of guanidine groups is 1. The molecule has 146 valence electrons. The van der Waals surface area contributed by atoms with Crippen molar-refractivity contribution in [1.29, 1.82) is 0 Å². The molecule has 1 aliphatic heterocycles. The summed E-state index contributed by atoms with van der Waals surface area (Å²) in [6, 6.07) is 5.99. The SMILES string of the molecule is CCN1C(=O)CC(C)(c2cccc([N+](=O)[O-])c2)N=C1NC(=O)OC(C)(C)C. The van der Waals surface area contributed by atoms with Crippen LogP contribution in [0, 0.1) is 10.1 Å². The van der Waals surface area contributed by atoms with Crippen LogP contribution in [0.5, 0.6) is 0 Å². The number of amides is 2. The largest absolute Gasteiger partial charge is 0.444 e. The first kappa shape index (κ1) is 20.3. The third-order valence-electron chi connectivity index (χ3n) is 4.01. The third kappa shape index (κ3) is 4.81. The van der Waals surface area contributed by atoms with Crippen LogP contribution >= 0.6 is 0 Å². The summed E-state index contributed by atoms with van der Waals surface area (Å²) >= 11 is 0. The summed E-state index contributed by atoms with van der Waals surface area (Å²) in [6.07, 6.45) is -0.697. The monoisotopic (exact) mass is 376 g/mol. The Kier molecular flexibility index (Phi) is 5.53. The molecule has 9 nitrogen and oxygen atoms in total. The van der Waals surface area contributed by atoms with Crippen LogP contribution in [0.15, 0.2) is 29.3 Å². The number of aliphatic imine (C=N–C) groups is 1. The van der Waals surface area contributed by atoms with E-state index < -0.39 is 22.2 Å². The predicted octanol–water partition coefficient (Wildman–Crippen LogP) is 2.94. The zero-order chi connectivity index (χ0) is 20.4. The van der Waals surface area contributed by atoms with E-state index in [0.717, 1.165) is 0 Å². The van der Waals surface area contributed by atoms with E-state index in [-0.39, 0.29) is 24.0 Å². The Morgan fingerprint density at radius 1 is 1.44 bits per heavy atom. The summed E-state index contributed by atoms with van der Waals surface area (Å²) in [7, 11) is 0. The standard InChI is InChI=1S/C18H24N4O5/c1-6-21-14(23)11-18(5,12-8-7-9-13(10-12)22(25)26)20-15(21)19-16(24)27-17(2,3)4/h7-10H,6,11H2,1-5H3,(H,19,20,24). The number of carbonyl (C=O) groups is 2. The fourth-order valence-corrected chi connectivity index (χ4v) is 2.78. The second kappa shape index (κ2) is 7.34. The number of nitrogens with zero attached hydrogens (tertiary/aromatic N) is 3. The van der Waals surface area contributed by atoms with Crippen molar-refractivity contribution in [1.82, 2.24) is 10.2 Å². The smallest absolute Gasteiger partial charge is 0.414 e. The molecule has 2 rings (SSSR count). The number of alkyl carbamates (subject to hydrolysis) is 1. The Hall–Kier alpha value is -2.97. The number of carbonyl (C=O) groups excluding carboxylic acids is 2. The second-order valence-electron chi connectivity index (χ2n) is 7.46. The van der Waals surface area contributed by atoms with E-state index >= 15 is 0 Å². The molecule has 0 radical (unpaired) electrons. The number of ether oxygens (including phenoxy) is 1. The van der Waals surface area contributed by atoms with Gasteiger partial charge in [-0.2, -0.15) is 0 Å². The van der Waals surface area contributed by atoms with Crippen LogP contribution in [-0.4, -0.2) is 39.9 Å². The first-order valence-electron chi connectivity index (χ1n) is 8.60. The predicted molar refractivity (Wildman–Crippen MR) is 99.3 cm³/mol. The molecule has 1 aromatic carbocycles. The van der Waals surface area contributed by atoms with Crippen molar-refractivity contribution in [2.45, 2.75) is 52.2 Å². The number of non-ortho nitro benzene ring substituents is 1. The van der Waals surface area contributed by atoms with Crippen LogP contribution in [0.2, 0.25) is 0 Å². The van der Waals surface area contributed by atoms with Crippen molar-refractivity contribution in [2.75, 3.05) is 6.54 Å². The van der Waals surface area contributed by atoms with Gasteiger partial charge in [0.15, 0.2) is 0 Å². The molecule has 1 aliphatic rings. The van der Waals surface area contributed by atoms with E-state index in [0.29, 0.717) is 12.1 Å². The summed E-state index contributed by atoms with van der Waals surface area (Å²) in [4.78, 5) is 41.2. The molecule has 2 amide bonds. The summed E-state index contributed by atoms with van der Waals surface area (Å²) in [6.45, 7) is 8.97. The maximum absolute atomic E-state index is 12.6. The van der Waals surface area contributed by atoms with Gasteiger partial charge in [0.1, 0.15) is 5.60 Å². The van der Waals surface area contributed by atoms with Crippen LogP contribution in [0.3, 0.4) is 0 Å². The number of benzene rings is 1. The number of nitro groups is 1. The van der Waals surface area contributed by atoms with Gasteiger partial charge in [-0.05, 0) is 40.2 Å². The Morgan fingerprint density at radius 2 is 2.11 bits per heavy atom. The highest BCUT2D eigenvalue weighted by atomic mass is 16.6. The van der Waals surface area contributed by atoms with Gasteiger partial charge in [-0.1, -0.05) is 12.1 Å². The molecule has 0 saturated carbocycles. The molecule has 9 heteroatoms. The molecule has 1 heterocycles. The molecule has 27 heavy (non-hydrogen) atoms. The minimum atomic E-state index is -1.04. The fraction of sp³-hybridized carbons (Fsp3) is 0.500. The third-order valence-corrected chi connectivity index (χ3v) is 4.01. The van der Waals surface area contributed by atoms with Gasteiger partial charge in [0.25, 0.3) is 5.69 Å². The maximum Gasteiger partial charge on any atom is 0.414 e. The minimum Gasteiger partial charge on any atom is -0.444 e. The summed E-state index contributed by atoms with van der Waals surface area (Å²) in [5.74, 6) is -0.176. The van der Waals surface area contributed by atoms with Crippen molar-refractivity contribution in [2.24, 2.45) is 4.99 Å². The Balaban J connectivity index is 2.42. The number of rotatable bonds is 3. The van der Waals surface area contributed by atoms with Crippen molar-refractivity contribution >= 4 is 23.6 Å². The van der Waals surface area contributed by atoms with Gasteiger partial charge in [0, 0.05) is 18.7 Å². The van der Waals surface area contributed by atoms with Crippen LogP contribution < -0.4 is 5.32 Å². The van der Waals surface area contributed by atoms with Crippen molar-refractivity contribution in [3.63, 3.8) is 0 Å². The zero-order valence-electron chi connectivity index (χ0n) is 16.1. The number of nitro benzene ring substituents is 1. The molecule has 1 aromatic rings. The maximum atomic E-state index is 12.6. The van der Waals surface area contributed by atoms with Crippen molar-refractivity contribution in [3.05, 3.63) is 39.9 Å². The summed E-state index contributed by atoms with van der Waals surface area (Å²) in [5, 5.41) is 13.6. The summed E-state index contributed by atoms with van der Waals surface area (Å²) in [5.41, 5.74) is -1.32. The second-order valence-corrected chi connectivity index (χ2v) is 7.46. The van der Waals surface area contributed by atoms with Crippen LogP contribution in [0.4, 0.5) is 10.5 Å². The zero-order valence-corrected chi connectivity index (χ0v) is 16.1. The Morgan fingerprint density at radius 3 is 2.67 bits per heavy atom. The minimum absolute atomic E-state index is 0.0293. The Bertz CT molecular complexity index is 799. The van der Waals surface area contributed by atoms with Crippen LogP contribution in [-0.2, 0) is 15.1 Å². The molecule has 1 atom stereocenters. The van der Waals surface area contributed by atoms with Crippen molar-refractivity contribution < 1.29 is 19.2 Å². The molecule has 0 spiro atoms. The molecular formula is C18H24N4O5. The highest BCUT2D eigenvalue weighted by molar-refractivity contribution is 6.05. The van der Waals surface area contributed by atoms with E-state index in [1.165, 1.54) is 17.0 Å². The van der Waals surface area contributed by atoms with Gasteiger partial charge in [-0.25, -0.2) is 9.79 Å². The lowest BCUT2D eigenvalue weighted by atomic mass is 9.87. The Labute approximate surface area is 157 Å².